The van der Waals surface area contributed by atoms with Gasteiger partial charge in [0.05, 0.1) is 22.3 Å². The Labute approximate surface area is 194 Å². The fraction of sp³-hybridized carbons (Fsp3) is 0.0833. The van der Waals surface area contributed by atoms with Crippen LogP contribution in [0.25, 0.3) is 11.3 Å². The van der Waals surface area contributed by atoms with Crippen molar-refractivity contribution in [1.82, 2.24) is 10.3 Å². The number of rotatable bonds is 5. The van der Waals surface area contributed by atoms with E-state index in [9.17, 15) is 15.2 Å². The second-order valence-corrected chi connectivity index (χ2v) is 7.88. The summed E-state index contributed by atoms with van der Waals surface area (Å²) >= 11 is 5.64. The van der Waals surface area contributed by atoms with E-state index >= 15 is 0 Å². The quantitative estimate of drug-likeness (QED) is 0.241. The van der Waals surface area contributed by atoms with Crippen molar-refractivity contribution in [1.29, 1.82) is 0 Å². The van der Waals surface area contributed by atoms with Crippen LogP contribution in [0.3, 0.4) is 0 Å². The molecule has 2 N–H and O–H groups in total. The smallest absolute Gasteiger partial charge is 0.270 e. The van der Waals surface area contributed by atoms with Gasteiger partial charge in [-0.2, -0.15) is 0 Å². The topological polar surface area (TPSA) is 105 Å². The van der Waals surface area contributed by atoms with Crippen molar-refractivity contribution in [3.63, 3.8) is 0 Å². The van der Waals surface area contributed by atoms with Gasteiger partial charge in [0.2, 0.25) is 0 Å². The Morgan fingerprint density at radius 3 is 2.64 bits per heavy atom. The predicted molar refractivity (Wildman–Crippen MR) is 127 cm³/mol. The number of aromatic hydroxyl groups is 1. The molecular formula is C24H18N4O4S. The monoisotopic (exact) mass is 458 g/mol. The molecule has 164 valence electrons. The Morgan fingerprint density at radius 2 is 1.88 bits per heavy atom. The summed E-state index contributed by atoms with van der Waals surface area (Å²) in [4.78, 5) is 17.0. The molecule has 2 aromatic heterocycles. The Bertz CT molecular complexity index is 1340. The van der Waals surface area contributed by atoms with Gasteiger partial charge >= 0.3 is 0 Å². The van der Waals surface area contributed by atoms with Gasteiger partial charge in [-0.1, -0.05) is 30.3 Å². The van der Waals surface area contributed by atoms with E-state index in [2.05, 4.69) is 10.3 Å². The SMILES string of the molecule is O=[N+]([O-])c1cccc(-c2ccc([C@H]3[C@@H](c4ccccn4)NC(=S)N3c3ccccc3O)o2)c1. The fourth-order valence-corrected chi connectivity index (χ4v) is 4.35. The van der Waals surface area contributed by atoms with Gasteiger partial charge in [-0.25, -0.2) is 0 Å². The Kier molecular flexibility index (Phi) is 5.23. The van der Waals surface area contributed by atoms with Crippen molar-refractivity contribution in [2.75, 3.05) is 4.90 Å². The normalized spacial score (nSPS) is 17.7. The maximum absolute atomic E-state index is 11.2. The first-order chi connectivity index (χ1) is 16.0. The molecule has 33 heavy (non-hydrogen) atoms. The predicted octanol–water partition coefficient (Wildman–Crippen LogP) is 5.13. The largest absolute Gasteiger partial charge is 0.506 e. The fourth-order valence-electron chi connectivity index (χ4n) is 4.01. The number of nitro groups is 1. The van der Waals surface area contributed by atoms with E-state index in [1.165, 1.54) is 12.1 Å². The van der Waals surface area contributed by atoms with Crippen molar-refractivity contribution in [2.45, 2.75) is 12.1 Å². The van der Waals surface area contributed by atoms with Crippen LogP contribution in [0.2, 0.25) is 0 Å². The maximum atomic E-state index is 11.2. The van der Waals surface area contributed by atoms with E-state index in [-0.39, 0.29) is 17.5 Å². The molecule has 0 bridgehead atoms. The highest BCUT2D eigenvalue weighted by Gasteiger charge is 2.43. The number of nitrogens with one attached hydrogen (secondary N) is 1. The van der Waals surface area contributed by atoms with Crippen LogP contribution in [0, 0.1) is 10.1 Å². The first-order valence-electron chi connectivity index (χ1n) is 10.2. The van der Waals surface area contributed by atoms with Gasteiger partial charge in [-0.05, 0) is 48.6 Å². The summed E-state index contributed by atoms with van der Waals surface area (Å²) < 4.78 is 6.21. The number of hydrogen-bond acceptors (Lipinski definition) is 6. The first-order valence-corrected chi connectivity index (χ1v) is 10.6. The van der Waals surface area contributed by atoms with Gasteiger partial charge in [-0.3, -0.25) is 15.1 Å². The van der Waals surface area contributed by atoms with Crippen LogP contribution in [-0.4, -0.2) is 20.1 Å². The molecule has 0 spiro atoms. The highest BCUT2D eigenvalue weighted by molar-refractivity contribution is 7.80. The summed E-state index contributed by atoms with van der Waals surface area (Å²) in [6, 6.07) is 21.6. The summed E-state index contributed by atoms with van der Waals surface area (Å²) in [7, 11) is 0. The van der Waals surface area contributed by atoms with Gasteiger partial charge in [0.15, 0.2) is 5.11 Å². The molecule has 4 aromatic rings. The Morgan fingerprint density at radius 1 is 1.06 bits per heavy atom. The van der Waals surface area contributed by atoms with Crippen molar-refractivity contribution in [2.24, 2.45) is 0 Å². The third kappa shape index (κ3) is 3.79. The van der Waals surface area contributed by atoms with Crippen molar-refractivity contribution >= 4 is 28.7 Å². The summed E-state index contributed by atoms with van der Waals surface area (Å²) in [6.07, 6.45) is 1.70. The standard InChI is InChI=1S/C24H18N4O4S/c29-19-10-2-1-9-18(19)27-23(22(26-24(27)33)17-8-3-4-13-25-17)21-12-11-20(32-21)15-6-5-7-16(14-15)28(30)31/h1-14,22-23,29H,(H,26,33)/t22-,23+/m1/s1. The minimum atomic E-state index is -0.451. The lowest BCUT2D eigenvalue weighted by molar-refractivity contribution is -0.384. The molecule has 0 saturated carbocycles. The van der Waals surface area contributed by atoms with Crippen LogP contribution in [0.4, 0.5) is 11.4 Å². The molecule has 8 nitrogen and oxygen atoms in total. The van der Waals surface area contributed by atoms with Gasteiger partial charge in [0.25, 0.3) is 5.69 Å². The molecule has 1 fully saturated rings. The number of thiocarbonyl (C=S) groups is 1. The zero-order chi connectivity index (χ0) is 22.9. The number of benzene rings is 2. The number of phenolic OH excluding ortho intramolecular Hbond substituents is 1. The van der Waals surface area contributed by atoms with E-state index < -0.39 is 11.0 Å². The Hall–Kier alpha value is -4.24. The molecule has 0 radical (unpaired) electrons. The van der Waals surface area contributed by atoms with Gasteiger partial charge in [0.1, 0.15) is 23.3 Å². The van der Waals surface area contributed by atoms with Crippen molar-refractivity contribution < 1.29 is 14.4 Å². The van der Waals surface area contributed by atoms with E-state index in [1.54, 1.807) is 47.5 Å². The molecule has 0 amide bonds. The minimum Gasteiger partial charge on any atom is -0.506 e. The Balaban J connectivity index is 1.60. The molecule has 0 unspecified atom stereocenters. The van der Waals surface area contributed by atoms with Gasteiger partial charge < -0.3 is 19.7 Å². The highest BCUT2D eigenvalue weighted by atomic mass is 32.1. The molecule has 1 aliphatic rings. The number of pyridine rings is 1. The third-order valence-electron chi connectivity index (χ3n) is 5.50. The number of phenols is 1. The second kappa shape index (κ2) is 8.36. The van der Waals surface area contributed by atoms with Crippen LogP contribution >= 0.6 is 12.2 Å². The second-order valence-electron chi connectivity index (χ2n) is 7.49. The molecule has 1 aliphatic heterocycles. The number of non-ortho nitro benzene ring substituents is 1. The van der Waals surface area contributed by atoms with Crippen LogP contribution in [0.1, 0.15) is 23.5 Å². The molecule has 2 aromatic carbocycles. The average molecular weight is 458 g/mol. The van der Waals surface area contributed by atoms with Crippen molar-refractivity contribution in [3.05, 3.63) is 107 Å². The molecule has 2 atom stereocenters. The summed E-state index contributed by atoms with van der Waals surface area (Å²) in [5.41, 5.74) is 1.87. The lowest BCUT2D eigenvalue weighted by atomic mass is 10.0. The summed E-state index contributed by atoms with van der Waals surface area (Å²) in [6.45, 7) is 0. The number of para-hydroxylation sites is 2. The van der Waals surface area contributed by atoms with E-state index in [1.807, 2.05) is 30.3 Å². The maximum Gasteiger partial charge on any atom is 0.270 e. The van der Waals surface area contributed by atoms with Crippen LogP contribution in [0.15, 0.2) is 89.5 Å². The van der Waals surface area contributed by atoms with Crippen LogP contribution in [-0.2, 0) is 0 Å². The molecule has 5 rings (SSSR count). The number of aromatic nitrogens is 1. The first kappa shape index (κ1) is 20.7. The number of anilines is 1. The number of furan rings is 1. The third-order valence-corrected chi connectivity index (χ3v) is 5.81. The molecule has 1 saturated heterocycles. The minimum absolute atomic E-state index is 0.0173. The zero-order valence-electron chi connectivity index (χ0n) is 17.2. The van der Waals surface area contributed by atoms with Crippen molar-refractivity contribution in [3.8, 4) is 17.1 Å². The number of nitrogens with zero attached hydrogens (tertiary/aromatic N) is 3. The number of nitro benzene ring substituents is 1. The molecular weight excluding hydrogens is 440 g/mol. The summed E-state index contributed by atoms with van der Waals surface area (Å²) in [5, 5.41) is 25.4. The van der Waals surface area contributed by atoms with Gasteiger partial charge in [0, 0.05) is 23.9 Å². The molecule has 9 heteroatoms. The molecule has 3 heterocycles. The van der Waals surface area contributed by atoms with E-state index in [0.29, 0.717) is 27.9 Å². The number of hydrogen-bond donors (Lipinski definition) is 2. The van der Waals surface area contributed by atoms with Crippen LogP contribution < -0.4 is 10.2 Å². The zero-order valence-corrected chi connectivity index (χ0v) is 18.0. The lowest BCUT2D eigenvalue weighted by Crippen LogP contribution is -2.29. The van der Waals surface area contributed by atoms with Crippen LogP contribution in [0.5, 0.6) is 5.75 Å². The highest BCUT2D eigenvalue weighted by Crippen LogP contribution is 2.45. The lowest BCUT2D eigenvalue weighted by Gasteiger charge is -2.26. The average Bonchev–Trinajstić information content (AvgIpc) is 3.45. The van der Waals surface area contributed by atoms with Gasteiger partial charge in [-0.15, -0.1) is 0 Å². The van der Waals surface area contributed by atoms with E-state index in [4.69, 9.17) is 16.6 Å². The van der Waals surface area contributed by atoms with E-state index in [0.717, 1.165) is 5.69 Å². The molecule has 0 aliphatic carbocycles. The summed E-state index contributed by atoms with van der Waals surface area (Å²) in [5.74, 6) is 1.14.